The summed E-state index contributed by atoms with van der Waals surface area (Å²) in [7, 11) is 1.34. The summed E-state index contributed by atoms with van der Waals surface area (Å²) in [6, 6.07) is 5.33. The molecule has 1 aromatic carbocycles. The number of hydrogen-bond donors (Lipinski definition) is 1. The van der Waals surface area contributed by atoms with Crippen LogP contribution < -0.4 is 5.32 Å². The second-order valence-electron chi connectivity index (χ2n) is 3.47. The smallest absolute Gasteiger partial charge is 0.337 e. The Balaban J connectivity index is 2.27. The van der Waals surface area contributed by atoms with Gasteiger partial charge in [-0.15, -0.1) is 5.92 Å². The highest BCUT2D eigenvalue weighted by Gasteiger charge is 2.10. The van der Waals surface area contributed by atoms with Crippen LogP contribution in [-0.2, 0) is 4.74 Å². The van der Waals surface area contributed by atoms with Crippen LogP contribution in [0.1, 0.15) is 17.3 Å². The van der Waals surface area contributed by atoms with E-state index in [4.69, 9.17) is 4.42 Å². The summed E-state index contributed by atoms with van der Waals surface area (Å²) in [5.41, 5.74) is 1.65. The van der Waals surface area contributed by atoms with Gasteiger partial charge in [0.05, 0.1) is 19.2 Å². The number of nitrogens with one attached hydrogen (secondary N) is 1. The predicted octanol–water partition coefficient (Wildman–Crippen LogP) is 2.05. The van der Waals surface area contributed by atoms with E-state index < -0.39 is 5.97 Å². The minimum absolute atomic E-state index is 0.384. The Bertz CT molecular complexity index is 634. The molecule has 0 saturated heterocycles. The molecule has 1 N–H and O–H groups in total. The van der Waals surface area contributed by atoms with E-state index in [1.807, 2.05) is 0 Å². The van der Waals surface area contributed by atoms with E-state index in [-0.39, 0.29) is 0 Å². The fraction of sp³-hybridized carbons (Fsp3) is 0.231. The van der Waals surface area contributed by atoms with Crippen LogP contribution in [0, 0.1) is 11.8 Å². The maximum absolute atomic E-state index is 11.4. The minimum Gasteiger partial charge on any atom is -0.465 e. The maximum atomic E-state index is 11.4. The van der Waals surface area contributed by atoms with Crippen LogP contribution in [0.3, 0.4) is 0 Å². The van der Waals surface area contributed by atoms with Gasteiger partial charge in [-0.1, -0.05) is 5.92 Å². The van der Waals surface area contributed by atoms with Crippen LogP contribution >= 0.6 is 0 Å². The molecule has 1 aromatic heterocycles. The van der Waals surface area contributed by atoms with Crippen molar-refractivity contribution in [2.24, 2.45) is 0 Å². The molecule has 0 aliphatic rings. The first kappa shape index (κ1) is 12.0. The Labute approximate surface area is 104 Å². The Morgan fingerprint density at radius 2 is 2.39 bits per heavy atom. The first-order valence-corrected chi connectivity index (χ1v) is 5.37. The number of hydrogen-bond acceptors (Lipinski definition) is 5. The van der Waals surface area contributed by atoms with Crippen LogP contribution in [0.15, 0.2) is 22.6 Å². The first-order chi connectivity index (χ1) is 8.74. The molecule has 0 unspecified atom stereocenters. The third kappa shape index (κ3) is 2.43. The van der Waals surface area contributed by atoms with E-state index in [9.17, 15) is 4.79 Å². The maximum Gasteiger partial charge on any atom is 0.337 e. The Hall–Kier alpha value is -2.48. The Morgan fingerprint density at radius 1 is 1.56 bits per heavy atom. The van der Waals surface area contributed by atoms with Crippen LogP contribution in [0.5, 0.6) is 0 Å². The van der Waals surface area contributed by atoms with Crippen LogP contribution in [0.25, 0.3) is 11.1 Å². The molecule has 5 heteroatoms. The summed E-state index contributed by atoms with van der Waals surface area (Å²) >= 11 is 0. The fourth-order valence-corrected chi connectivity index (χ4v) is 1.46. The van der Waals surface area contributed by atoms with Gasteiger partial charge >= 0.3 is 5.97 Å². The number of anilines is 1. The average molecular weight is 244 g/mol. The van der Waals surface area contributed by atoms with Crippen molar-refractivity contribution in [3.63, 3.8) is 0 Å². The molecule has 0 atom stereocenters. The molecule has 92 valence electrons. The van der Waals surface area contributed by atoms with Crippen molar-refractivity contribution in [3.8, 4) is 11.8 Å². The van der Waals surface area contributed by atoms with E-state index >= 15 is 0 Å². The Kier molecular flexibility index (Phi) is 3.49. The molecule has 1 heterocycles. The van der Waals surface area contributed by atoms with Crippen LogP contribution in [-0.4, -0.2) is 24.6 Å². The molecule has 18 heavy (non-hydrogen) atoms. The molecule has 0 amide bonds. The van der Waals surface area contributed by atoms with Gasteiger partial charge in [-0.3, -0.25) is 0 Å². The van der Waals surface area contributed by atoms with E-state index in [2.05, 4.69) is 26.9 Å². The number of carbonyl (C=O) groups is 1. The summed E-state index contributed by atoms with van der Waals surface area (Å²) in [6.45, 7) is 2.23. The fourth-order valence-electron chi connectivity index (χ4n) is 1.46. The third-order valence-electron chi connectivity index (χ3n) is 2.31. The second kappa shape index (κ2) is 5.23. The summed E-state index contributed by atoms with van der Waals surface area (Å²) in [4.78, 5) is 15.6. The lowest BCUT2D eigenvalue weighted by atomic mass is 10.2. The summed E-state index contributed by atoms with van der Waals surface area (Å²) in [5, 5.41) is 2.93. The second-order valence-corrected chi connectivity index (χ2v) is 3.47. The molecule has 5 nitrogen and oxygen atoms in total. The zero-order valence-electron chi connectivity index (χ0n) is 10.1. The first-order valence-electron chi connectivity index (χ1n) is 5.37. The Morgan fingerprint density at radius 3 is 3.11 bits per heavy atom. The van der Waals surface area contributed by atoms with Gasteiger partial charge in [-0.05, 0) is 25.1 Å². The zero-order chi connectivity index (χ0) is 13.0. The van der Waals surface area contributed by atoms with E-state index in [0.717, 1.165) is 0 Å². The highest BCUT2D eigenvalue weighted by atomic mass is 16.5. The number of methoxy groups -OCH3 is 1. The highest BCUT2D eigenvalue weighted by Crippen LogP contribution is 2.20. The highest BCUT2D eigenvalue weighted by molar-refractivity contribution is 5.93. The van der Waals surface area contributed by atoms with Gasteiger partial charge in [-0.2, -0.15) is 4.98 Å². The lowest BCUT2D eigenvalue weighted by molar-refractivity contribution is 0.0601. The SMILES string of the molecule is CC#CCNc1nc2cc(C(=O)OC)ccc2o1. The molecule has 0 aliphatic heterocycles. The standard InChI is InChI=1S/C13H12N2O3/c1-3-4-7-14-13-15-10-8-9(12(16)17-2)5-6-11(10)18-13/h5-6,8H,7H2,1-2H3,(H,14,15). The predicted molar refractivity (Wildman–Crippen MR) is 67.3 cm³/mol. The van der Waals surface area contributed by atoms with Crippen molar-refractivity contribution in [2.75, 3.05) is 19.0 Å². The number of ether oxygens (including phenoxy) is 1. The normalized spacial score (nSPS) is 9.67. The van der Waals surface area contributed by atoms with Gasteiger partial charge in [0.1, 0.15) is 5.52 Å². The number of carbonyl (C=O) groups excluding carboxylic acids is 1. The van der Waals surface area contributed by atoms with Crippen molar-refractivity contribution in [1.29, 1.82) is 0 Å². The van der Waals surface area contributed by atoms with Gasteiger partial charge in [-0.25, -0.2) is 4.79 Å². The van der Waals surface area contributed by atoms with Crippen molar-refractivity contribution in [3.05, 3.63) is 23.8 Å². The van der Waals surface area contributed by atoms with E-state index in [0.29, 0.717) is 29.2 Å². The molecule has 2 aromatic rings. The number of esters is 1. The lowest BCUT2D eigenvalue weighted by Gasteiger charge is -1.96. The van der Waals surface area contributed by atoms with Gasteiger partial charge in [0.2, 0.25) is 0 Å². The van der Waals surface area contributed by atoms with Crippen molar-refractivity contribution >= 4 is 23.1 Å². The van der Waals surface area contributed by atoms with Gasteiger partial charge in [0, 0.05) is 0 Å². The van der Waals surface area contributed by atoms with Crippen molar-refractivity contribution < 1.29 is 13.9 Å². The number of oxazole rings is 1. The molecule has 0 fully saturated rings. The van der Waals surface area contributed by atoms with Gasteiger partial charge in [0.25, 0.3) is 6.01 Å². The third-order valence-corrected chi connectivity index (χ3v) is 2.31. The number of nitrogens with zero attached hydrogens (tertiary/aromatic N) is 1. The quantitative estimate of drug-likeness (QED) is 0.661. The summed E-state index contributed by atoms with van der Waals surface area (Å²) < 4.78 is 10.1. The lowest BCUT2D eigenvalue weighted by Crippen LogP contribution is -2.00. The van der Waals surface area contributed by atoms with Crippen LogP contribution in [0.4, 0.5) is 6.01 Å². The molecule has 2 rings (SSSR count). The molecule has 0 radical (unpaired) electrons. The molecule has 0 saturated carbocycles. The number of aromatic nitrogens is 1. The minimum atomic E-state index is -0.397. The number of rotatable bonds is 3. The summed E-state index contributed by atoms with van der Waals surface area (Å²) in [5.74, 6) is 5.21. The van der Waals surface area contributed by atoms with E-state index in [1.165, 1.54) is 7.11 Å². The number of benzene rings is 1. The molecular formula is C13H12N2O3. The van der Waals surface area contributed by atoms with Crippen molar-refractivity contribution in [2.45, 2.75) is 6.92 Å². The molecule has 0 aliphatic carbocycles. The van der Waals surface area contributed by atoms with Gasteiger partial charge < -0.3 is 14.5 Å². The largest absolute Gasteiger partial charge is 0.465 e. The molecular weight excluding hydrogens is 232 g/mol. The topological polar surface area (TPSA) is 64.4 Å². The van der Waals surface area contributed by atoms with Crippen molar-refractivity contribution in [1.82, 2.24) is 4.98 Å². The van der Waals surface area contributed by atoms with Gasteiger partial charge in [0.15, 0.2) is 5.58 Å². The average Bonchev–Trinajstić information content (AvgIpc) is 2.79. The summed E-state index contributed by atoms with van der Waals surface area (Å²) in [6.07, 6.45) is 0. The monoisotopic (exact) mass is 244 g/mol. The molecule has 0 bridgehead atoms. The zero-order valence-corrected chi connectivity index (χ0v) is 10.1. The van der Waals surface area contributed by atoms with E-state index in [1.54, 1.807) is 25.1 Å². The number of fused-ring (bicyclic) bond motifs is 1. The molecule has 0 spiro atoms. The van der Waals surface area contributed by atoms with Crippen LogP contribution in [0.2, 0.25) is 0 Å².